The fourth-order valence-electron chi connectivity index (χ4n) is 2.00. The lowest BCUT2D eigenvalue weighted by atomic mass is 10.3. The predicted octanol–water partition coefficient (Wildman–Crippen LogP) is 2.65. The number of amides is 1. The second-order valence-corrected chi connectivity index (χ2v) is 6.21. The van der Waals surface area contributed by atoms with E-state index in [4.69, 9.17) is 5.11 Å². The number of rotatable bonds is 4. The summed E-state index contributed by atoms with van der Waals surface area (Å²) in [4.78, 5) is 28.4. The number of fused-ring (bicyclic) bond motifs is 1. The van der Waals surface area contributed by atoms with Crippen molar-refractivity contribution in [2.75, 3.05) is 5.32 Å². The number of nitrogens with one attached hydrogen (secondary N) is 1. The summed E-state index contributed by atoms with van der Waals surface area (Å²) in [6, 6.07) is 1.59. The van der Waals surface area contributed by atoms with Crippen molar-refractivity contribution in [3.8, 4) is 0 Å². The number of imidazole rings is 1. The summed E-state index contributed by atoms with van der Waals surface area (Å²) in [5.41, 5.74) is 2.07. The molecule has 3 aromatic rings. The average molecular weight is 321 g/mol. The van der Waals surface area contributed by atoms with Crippen molar-refractivity contribution < 1.29 is 14.7 Å². The van der Waals surface area contributed by atoms with Crippen LogP contribution in [0.3, 0.4) is 0 Å². The number of nitrogens with zero attached hydrogens (tertiary/aromatic N) is 2. The van der Waals surface area contributed by atoms with Crippen LogP contribution in [0, 0.1) is 6.92 Å². The number of thiophene rings is 1. The van der Waals surface area contributed by atoms with E-state index in [-0.39, 0.29) is 17.2 Å². The predicted molar refractivity (Wildman–Crippen MR) is 81.4 cm³/mol. The first-order valence-corrected chi connectivity index (χ1v) is 7.83. The third-order valence-electron chi connectivity index (χ3n) is 2.88. The minimum Gasteiger partial charge on any atom is -0.477 e. The minimum absolute atomic E-state index is 0.136. The zero-order chi connectivity index (χ0) is 15.0. The smallest absolute Gasteiger partial charge is 0.348 e. The Morgan fingerprint density at radius 3 is 3.00 bits per heavy atom. The molecule has 0 aliphatic carbocycles. The first-order valence-electron chi connectivity index (χ1n) is 6.07. The molecule has 108 valence electrons. The van der Waals surface area contributed by atoms with Crippen molar-refractivity contribution in [2.45, 2.75) is 13.3 Å². The summed E-state index contributed by atoms with van der Waals surface area (Å²) in [5, 5.41) is 15.2. The van der Waals surface area contributed by atoms with Crippen molar-refractivity contribution in [1.29, 1.82) is 0 Å². The molecular formula is C13H11N3O3S2. The highest BCUT2D eigenvalue weighted by atomic mass is 32.1. The molecular weight excluding hydrogens is 310 g/mol. The molecule has 0 saturated heterocycles. The SMILES string of the molecule is Cc1cn2c(CC(=O)Nc3ccsc3C(=O)O)csc2n1. The van der Waals surface area contributed by atoms with Crippen molar-refractivity contribution in [3.63, 3.8) is 0 Å². The summed E-state index contributed by atoms with van der Waals surface area (Å²) in [6.45, 7) is 1.90. The van der Waals surface area contributed by atoms with Gasteiger partial charge >= 0.3 is 5.97 Å². The quantitative estimate of drug-likeness (QED) is 0.774. The summed E-state index contributed by atoms with van der Waals surface area (Å²) >= 11 is 2.56. The van der Waals surface area contributed by atoms with Crippen molar-refractivity contribution in [2.24, 2.45) is 0 Å². The first-order chi connectivity index (χ1) is 10.0. The van der Waals surface area contributed by atoms with Gasteiger partial charge in [0.1, 0.15) is 4.88 Å². The Kier molecular flexibility index (Phi) is 3.48. The van der Waals surface area contributed by atoms with Crippen molar-refractivity contribution >= 4 is 45.2 Å². The number of anilines is 1. The molecule has 2 N–H and O–H groups in total. The Morgan fingerprint density at radius 2 is 2.24 bits per heavy atom. The molecule has 3 heterocycles. The van der Waals surface area contributed by atoms with Crippen LogP contribution in [0.1, 0.15) is 21.1 Å². The fraction of sp³-hybridized carbons (Fsp3) is 0.154. The number of aromatic carboxylic acids is 1. The molecule has 0 aliphatic rings. The highest BCUT2D eigenvalue weighted by molar-refractivity contribution is 7.15. The fourth-order valence-corrected chi connectivity index (χ4v) is 3.61. The van der Waals surface area contributed by atoms with Crippen LogP contribution in [0.15, 0.2) is 23.0 Å². The molecule has 0 radical (unpaired) electrons. The number of hydrogen-bond acceptors (Lipinski definition) is 5. The molecule has 0 spiro atoms. The van der Waals surface area contributed by atoms with Gasteiger partial charge < -0.3 is 10.4 Å². The number of hydrogen-bond donors (Lipinski definition) is 2. The highest BCUT2D eigenvalue weighted by Gasteiger charge is 2.15. The van der Waals surface area contributed by atoms with Crippen LogP contribution in [-0.4, -0.2) is 26.4 Å². The molecule has 0 saturated carbocycles. The Morgan fingerprint density at radius 1 is 1.43 bits per heavy atom. The van der Waals surface area contributed by atoms with Gasteiger partial charge in [-0.2, -0.15) is 0 Å². The average Bonchev–Trinajstić information content (AvgIpc) is 3.07. The molecule has 6 nitrogen and oxygen atoms in total. The molecule has 0 aromatic carbocycles. The van der Waals surface area contributed by atoms with Crippen LogP contribution in [0.2, 0.25) is 0 Å². The normalized spacial score (nSPS) is 10.9. The Balaban J connectivity index is 1.77. The molecule has 0 unspecified atom stereocenters. The molecule has 0 aliphatic heterocycles. The Bertz CT molecular complexity index is 831. The summed E-state index contributed by atoms with van der Waals surface area (Å²) in [7, 11) is 0. The molecule has 21 heavy (non-hydrogen) atoms. The van der Waals surface area contributed by atoms with E-state index in [9.17, 15) is 9.59 Å². The van der Waals surface area contributed by atoms with Gasteiger partial charge in [0.25, 0.3) is 0 Å². The second-order valence-electron chi connectivity index (χ2n) is 4.46. The van der Waals surface area contributed by atoms with Crippen LogP contribution >= 0.6 is 22.7 Å². The number of aryl methyl sites for hydroxylation is 1. The summed E-state index contributed by atoms with van der Waals surface area (Å²) in [5.74, 6) is -1.29. The lowest BCUT2D eigenvalue weighted by Crippen LogP contribution is -2.16. The van der Waals surface area contributed by atoms with E-state index in [0.717, 1.165) is 27.7 Å². The third kappa shape index (κ3) is 2.67. The zero-order valence-electron chi connectivity index (χ0n) is 11.0. The van der Waals surface area contributed by atoms with Crippen LogP contribution in [0.25, 0.3) is 4.96 Å². The van der Waals surface area contributed by atoms with E-state index in [0.29, 0.717) is 5.69 Å². The minimum atomic E-state index is -1.04. The summed E-state index contributed by atoms with van der Waals surface area (Å²) < 4.78 is 1.88. The van der Waals surface area contributed by atoms with Gasteiger partial charge in [0.15, 0.2) is 4.96 Å². The molecule has 3 rings (SSSR count). The number of carboxylic acid groups (broad SMARTS) is 1. The van der Waals surface area contributed by atoms with Gasteiger partial charge in [-0.1, -0.05) is 0 Å². The summed E-state index contributed by atoms with van der Waals surface area (Å²) in [6.07, 6.45) is 2.05. The highest BCUT2D eigenvalue weighted by Crippen LogP contribution is 2.23. The molecule has 0 bridgehead atoms. The van der Waals surface area contributed by atoms with E-state index in [1.807, 2.05) is 22.9 Å². The van der Waals surface area contributed by atoms with Gasteiger partial charge in [0, 0.05) is 17.3 Å². The van der Waals surface area contributed by atoms with E-state index in [1.54, 1.807) is 11.4 Å². The van der Waals surface area contributed by atoms with E-state index in [2.05, 4.69) is 10.3 Å². The van der Waals surface area contributed by atoms with Gasteiger partial charge in [-0.3, -0.25) is 9.20 Å². The molecule has 1 amide bonds. The third-order valence-corrected chi connectivity index (χ3v) is 4.67. The van der Waals surface area contributed by atoms with E-state index < -0.39 is 5.97 Å². The largest absolute Gasteiger partial charge is 0.477 e. The van der Waals surface area contributed by atoms with E-state index >= 15 is 0 Å². The standard InChI is InChI=1S/C13H11N3O3S2/c1-7-5-16-8(6-21-13(16)14-7)4-10(17)15-9-2-3-20-11(9)12(18)19/h2-3,5-6H,4H2,1H3,(H,15,17)(H,18,19). The van der Waals surface area contributed by atoms with Gasteiger partial charge in [-0.25, -0.2) is 9.78 Å². The van der Waals surface area contributed by atoms with Gasteiger partial charge in [-0.05, 0) is 18.4 Å². The molecule has 0 fully saturated rings. The van der Waals surface area contributed by atoms with Crippen LogP contribution in [0.4, 0.5) is 5.69 Å². The maximum atomic E-state index is 12.1. The van der Waals surface area contributed by atoms with Gasteiger partial charge in [0.05, 0.1) is 17.8 Å². The topological polar surface area (TPSA) is 83.7 Å². The van der Waals surface area contributed by atoms with Crippen LogP contribution in [-0.2, 0) is 11.2 Å². The van der Waals surface area contributed by atoms with Crippen molar-refractivity contribution in [3.05, 3.63) is 39.3 Å². The van der Waals surface area contributed by atoms with Crippen LogP contribution < -0.4 is 5.32 Å². The number of thiazole rings is 1. The number of carbonyl (C=O) groups excluding carboxylic acids is 1. The van der Waals surface area contributed by atoms with Gasteiger partial charge in [-0.15, -0.1) is 22.7 Å². The zero-order valence-corrected chi connectivity index (χ0v) is 12.6. The van der Waals surface area contributed by atoms with Gasteiger partial charge in [0.2, 0.25) is 5.91 Å². The second kappa shape index (κ2) is 5.30. The maximum Gasteiger partial charge on any atom is 0.348 e. The Labute approximate surface area is 127 Å². The monoisotopic (exact) mass is 321 g/mol. The maximum absolute atomic E-state index is 12.1. The Hall–Kier alpha value is -2.19. The van der Waals surface area contributed by atoms with Crippen LogP contribution in [0.5, 0.6) is 0 Å². The van der Waals surface area contributed by atoms with E-state index in [1.165, 1.54) is 11.3 Å². The molecule has 0 atom stereocenters. The number of carbonyl (C=O) groups is 2. The number of aromatic nitrogens is 2. The lowest BCUT2D eigenvalue weighted by Gasteiger charge is -2.04. The lowest BCUT2D eigenvalue weighted by molar-refractivity contribution is -0.115. The molecule has 8 heteroatoms. The number of carboxylic acids is 1. The first kappa shape index (κ1) is 13.8. The molecule has 3 aromatic heterocycles. The van der Waals surface area contributed by atoms with Crippen molar-refractivity contribution in [1.82, 2.24) is 9.38 Å².